The molecule has 1 aromatic carbocycles. The molecule has 0 radical (unpaired) electrons. The first kappa shape index (κ1) is 14.6. The van der Waals surface area contributed by atoms with E-state index in [2.05, 4.69) is 40.4 Å². The summed E-state index contributed by atoms with van der Waals surface area (Å²) in [5.74, 6) is -0.166. The number of hydrogen-bond donors (Lipinski definition) is 2. The van der Waals surface area contributed by atoms with Crippen LogP contribution >= 0.6 is 15.9 Å². The Hall–Kier alpha value is -0.450. The third-order valence-electron chi connectivity index (χ3n) is 2.57. The van der Waals surface area contributed by atoms with Crippen LogP contribution in [0.4, 0.5) is 4.39 Å². The molecule has 1 unspecified atom stereocenters. The zero-order valence-electron chi connectivity index (χ0n) is 10.4. The molecule has 2 N–H and O–H groups in total. The molecule has 0 aliphatic rings. The second-order valence-electron chi connectivity index (χ2n) is 4.19. The van der Waals surface area contributed by atoms with Crippen molar-refractivity contribution in [3.05, 3.63) is 34.1 Å². The van der Waals surface area contributed by atoms with Crippen LogP contribution in [0, 0.1) is 5.82 Å². The van der Waals surface area contributed by atoms with E-state index in [1.165, 1.54) is 6.07 Å². The first-order valence-corrected chi connectivity index (χ1v) is 6.81. The van der Waals surface area contributed by atoms with Gasteiger partial charge in [-0.2, -0.15) is 0 Å². The fourth-order valence-corrected chi connectivity index (χ4v) is 2.03. The van der Waals surface area contributed by atoms with E-state index in [0.29, 0.717) is 18.2 Å². The molecule has 0 aromatic heterocycles. The minimum atomic E-state index is -0.166. The molecular weight excluding hydrogens is 283 g/mol. The maximum absolute atomic E-state index is 13.5. The van der Waals surface area contributed by atoms with Crippen molar-refractivity contribution in [1.29, 1.82) is 0 Å². The standard InChI is InChI=1S/C13H20BrFN2/c1-3-7-16-8-10(2)17-9-11-12(14)5-4-6-13(11)15/h4-6,10,16-17H,3,7-9H2,1-2H3. The Kier molecular flexibility index (Phi) is 6.70. The summed E-state index contributed by atoms with van der Waals surface area (Å²) in [7, 11) is 0. The van der Waals surface area contributed by atoms with Crippen LogP contribution in [0.25, 0.3) is 0 Å². The van der Waals surface area contributed by atoms with Gasteiger partial charge < -0.3 is 10.6 Å². The van der Waals surface area contributed by atoms with E-state index in [1.807, 2.05) is 6.07 Å². The minimum Gasteiger partial charge on any atom is -0.315 e. The van der Waals surface area contributed by atoms with Gasteiger partial charge in [0.1, 0.15) is 5.82 Å². The number of hydrogen-bond acceptors (Lipinski definition) is 2. The summed E-state index contributed by atoms with van der Waals surface area (Å²) in [6.45, 7) is 6.70. The molecule has 0 aliphatic carbocycles. The Labute approximate surface area is 111 Å². The molecule has 1 aromatic rings. The highest BCUT2D eigenvalue weighted by Gasteiger charge is 2.07. The average molecular weight is 303 g/mol. The molecule has 1 rings (SSSR count). The Morgan fingerprint density at radius 1 is 1.41 bits per heavy atom. The third-order valence-corrected chi connectivity index (χ3v) is 3.31. The molecular formula is C13H20BrFN2. The summed E-state index contributed by atoms with van der Waals surface area (Å²) in [5, 5.41) is 6.64. The lowest BCUT2D eigenvalue weighted by Crippen LogP contribution is -2.36. The van der Waals surface area contributed by atoms with Gasteiger partial charge in [0.25, 0.3) is 0 Å². The second kappa shape index (κ2) is 7.80. The van der Waals surface area contributed by atoms with E-state index in [1.54, 1.807) is 6.07 Å². The van der Waals surface area contributed by atoms with Crippen LogP contribution in [0.3, 0.4) is 0 Å². The Morgan fingerprint density at radius 2 is 2.18 bits per heavy atom. The maximum Gasteiger partial charge on any atom is 0.128 e. The summed E-state index contributed by atoms with van der Waals surface area (Å²) >= 11 is 3.37. The maximum atomic E-state index is 13.5. The third kappa shape index (κ3) is 5.15. The van der Waals surface area contributed by atoms with Crippen LogP contribution < -0.4 is 10.6 Å². The van der Waals surface area contributed by atoms with Crippen LogP contribution in [-0.2, 0) is 6.54 Å². The second-order valence-corrected chi connectivity index (χ2v) is 5.04. The highest BCUT2D eigenvalue weighted by molar-refractivity contribution is 9.10. The lowest BCUT2D eigenvalue weighted by molar-refractivity contribution is 0.491. The topological polar surface area (TPSA) is 24.1 Å². The first-order valence-electron chi connectivity index (χ1n) is 6.02. The molecule has 0 saturated heterocycles. The van der Waals surface area contributed by atoms with Crippen molar-refractivity contribution in [2.75, 3.05) is 13.1 Å². The summed E-state index contributed by atoms with van der Waals surface area (Å²) in [5.41, 5.74) is 0.690. The molecule has 0 spiro atoms. The van der Waals surface area contributed by atoms with Gasteiger partial charge in [0.15, 0.2) is 0 Å². The first-order chi connectivity index (χ1) is 8.15. The molecule has 0 heterocycles. The molecule has 2 nitrogen and oxygen atoms in total. The van der Waals surface area contributed by atoms with Gasteiger partial charge >= 0.3 is 0 Å². The molecule has 0 amide bonds. The monoisotopic (exact) mass is 302 g/mol. The predicted molar refractivity (Wildman–Crippen MR) is 73.6 cm³/mol. The van der Waals surface area contributed by atoms with E-state index in [4.69, 9.17) is 0 Å². The van der Waals surface area contributed by atoms with Gasteiger partial charge in [0.2, 0.25) is 0 Å². The van der Waals surface area contributed by atoms with Gasteiger partial charge in [-0.25, -0.2) is 4.39 Å². The Bertz CT molecular complexity index is 324. The van der Waals surface area contributed by atoms with Crippen molar-refractivity contribution in [2.45, 2.75) is 32.9 Å². The largest absolute Gasteiger partial charge is 0.315 e. The van der Waals surface area contributed by atoms with Crippen LogP contribution in [0.5, 0.6) is 0 Å². The predicted octanol–water partition coefficient (Wildman–Crippen LogP) is 3.07. The molecule has 1 atom stereocenters. The van der Waals surface area contributed by atoms with E-state index < -0.39 is 0 Å². The molecule has 0 saturated carbocycles. The lowest BCUT2D eigenvalue weighted by Gasteiger charge is -2.15. The number of halogens is 2. The van der Waals surface area contributed by atoms with E-state index >= 15 is 0 Å². The van der Waals surface area contributed by atoms with E-state index in [9.17, 15) is 4.39 Å². The van der Waals surface area contributed by atoms with Gasteiger partial charge in [0, 0.05) is 29.2 Å². The molecule has 17 heavy (non-hydrogen) atoms. The molecule has 0 fully saturated rings. The number of benzene rings is 1. The molecule has 4 heteroatoms. The van der Waals surface area contributed by atoms with Gasteiger partial charge in [-0.1, -0.05) is 28.9 Å². The van der Waals surface area contributed by atoms with Crippen LogP contribution in [0.1, 0.15) is 25.8 Å². The summed E-state index contributed by atoms with van der Waals surface area (Å²) in [4.78, 5) is 0. The lowest BCUT2D eigenvalue weighted by atomic mass is 10.2. The number of rotatable bonds is 7. The molecule has 0 aliphatic heterocycles. The normalized spacial score (nSPS) is 12.7. The smallest absolute Gasteiger partial charge is 0.128 e. The van der Waals surface area contributed by atoms with Crippen molar-refractivity contribution >= 4 is 15.9 Å². The van der Waals surface area contributed by atoms with Crippen LogP contribution in [0.2, 0.25) is 0 Å². The van der Waals surface area contributed by atoms with E-state index in [0.717, 1.165) is 24.0 Å². The highest BCUT2D eigenvalue weighted by Crippen LogP contribution is 2.19. The van der Waals surface area contributed by atoms with Gasteiger partial charge in [-0.05, 0) is 32.0 Å². The fourth-order valence-electron chi connectivity index (χ4n) is 1.55. The minimum absolute atomic E-state index is 0.166. The van der Waals surface area contributed by atoms with Crippen LogP contribution in [-0.4, -0.2) is 19.1 Å². The Morgan fingerprint density at radius 3 is 2.82 bits per heavy atom. The quantitative estimate of drug-likeness (QED) is 0.757. The fraction of sp³-hybridized carbons (Fsp3) is 0.538. The highest BCUT2D eigenvalue weighted by atomic mass is 79.9. The summed E-state index contributed by atoms with van der Waals surface area (Å²) in [6.07, 6.45) is 1.13. The van der Waals surface area contributed by atoms with Gasteiger partial charge in [-0.3, -0.25) is 0 Å². The number of nitrogens with one attached hydrogen (secondary N) is 2. The van der Waals surface area contributed by atoms with Crippen molar-refractivity contribution in [1.82, 2.24) is 10.6 Å². The summed E-state index contributed by atoms with van der Waals surface area (Å²) < 4.78 is 14.3. The van der Waals surface area contributed by atoms with Crippen molar-refractivity contribution < 1.29 is 4.39 Å². The van der Waals surface area contributed by atoms with Crippen molar-refractivity contribution in [3.63, 3.8) is 0 Å². The Balaban J connectivity index is 2.39. The summed E-state index contributed by atoms with van der Waals surface area (Å²) in [6, 6.07) is 5.38. The van der Waals surface area contributed by atoms with E-state index in [-0.39, 0.29) is 5.82 Å². The zero-order valence-corrected chi connectivity index (χ0v) is 12.0. The molecule has 0 bridgehead atoms. The van der Waals surface area contributed by atoms with Crippen LogP contribution in [0.15, 0.2) is 22.7 Å². The average Bonchev–Trinajstić information content (AvgIpc) is 2.29. The van der Waals surface area contributed by atoms with Gasteiger partial charge in [0.05, 0.1) is 0 Å². The molecule has 96 valence electrons. The van der Waals surface area contributed by atoms with Crippen molar-refractivity contribution in [2.24, 2.45) is 0 Å². The van der Waals surface area contributed by atoms with Gasteiger partial charge in [-0.15, -0.1) is 0 Å². The SMILES string of the molecule is CCCNCC(C)NCc1c(F)cccc1Br. The van der Waals surface area contributed by atoms with Crippen molar-refractivity contribution in [3.8, 4) is 0 Å². The zero-order chi connectivity index (χ0) is 12.7.